The average Bonchev–Trinajstić information content (AvgIpc) is 3.12. The number of ketones is 1. The maximum absolute atomic E-state index is 14.3. The van der Waals surface area contributed by atoms with E-state index in [0.29, 0.717) is 30.0 Å². The molecular weight excluding hydrogens is 448 g/mol. The average molecular weight is 501 g/mol. The summed E-state index contributed by atoms with van der Waals surface area (Å²) in [6.45, 7) is 20.5. The smallest absolute Gasteiger partial charge is 0.302 e. The second-order valence-corrected chi connectivity index (χ2v) is 15.8. The van der Waals surface area contributed by atoms with Crippen LogP contribution in [0.4, 0.5) is 0 Å². The van der Waals surface area contributed by atoms with Gasteiger partial charge in [-0.25, -0.2) is 0 Å². The lowest BCUT2D eigenvalue weighted by Gasteiger charge is -2.69. The Bertz CT molecular complexity index is 936. The number of ether oxygens (including phenoxy) is 2. The van der Waals surface area contributed by atoms with Crippen molar-refractivity contribution in [2.45, 2.75) is 144 Å². The second-order valence-electron chi connectivity index (χ2n) is 15.8. The molecule has 36 heavy (non-hydrogen) atoms. The van der Waals surface area contributed by atoms with Gasteiger partial charge in [0.25, 0.3) is 0 Å². The molecule has 5 rings (SSSR count). The molecule has 5 fully saturated rings. The topological polar surface area (TPSA) is 52.6 Å². The summed E-state index contributed by atoms with van der Waals surface area (Å²) < 4.78 is 12.7. The van der Waals surface area contributed by atoms with Crippen molar-refractivity contribution in [1.29, 1.82) is 0 Å². The highest BCUT2D eigenvalue weighted by atomic mass is 16.5. The van der Waals surface area contributed by atoms with E-state index >= 15 is 0 Å². The fourth-order valence-corrected chi connectivity index (χ4v) is 11.4. The Labute approximate surface area is 220 Å². The monoisotopic (exact) mass is 500 g/mol. The minimum Gasteiger partial charge on any atom is -0.462 e. The predicted molar refractivity (Wildman–Crippen MR) is 142 cm³/mol. The second kappa shape index (κ2) is 8.06. The summed E-state index contributed by atoms with van der Waals surface area (Å²) in [4.78, 5) is 26.2. The standard InChI is InChI=1S/C32H52O4/c1-20(33)35-25-13-16-29(6)23(28(25,4)5)12-18-30(7)24(29)19-22(34)26-21(11-17-31(26,30)8)32(9)15-10-14-27(2,3)36-32/h21,23-26H,10-19H2,1-9H3/t21?,23-,24+,25-,26-,29-,30+,31+,32?/m0/s1. The Hall–Kier alpha value is -0.900. The van der Waals surface area contributed by atoms with Crippen LogP contribution in [0.2, 0.25) is 0 Å². The third kappa shape index (κ3) is 3.54. The fraction of sp³-hybridized carbons (Fsp3) is 0.938. The number of rotatable bonds is 2. The molecular formula is C32H52O4. The van der Waals surface area contributed by atoms with Gasteiger partial charge >= 0.3 is 5.97 Å². The summed E-state index contributed by atoms with van der Waals surface area (Å²) >= 11 is 0. The van der Waals surface area contributed by atoms with E-state index in [1.165, 1.54) is 19.8 Å². The zero-order valence-corrected chi connectivity index (χ0v) is 24.6. The van der Waals surface area contributed by atoms with E-state index in [2.05, 4.69) is 55.4 Å². The molecule has 0 spiro atoms. The van der Waals surface area contributed by atoms with Crippen molar-refractivity contribution < 1.29 is 19.1 Å². The molecule has 1 aliphatic heterocycles. The van der Waals surface area contributed by atoms with Gasteiger partial charge in [0, 0.05) is 24.7 Å². The van der Waals surface area contributed by atoms with E-state index in [1.807, 2.05) is 0 Å². The molecule has 4 nitrogen and oxygen atoms in total. The molecule has 0 N–H and O–H groups in total. The van der Waals surface area contributed by atoms with Crippen molar-refractivity contribution in [3.05, 3.63) is 0 Å². The van der Waals surface area contributed by atoms with Crippen LogP contribution in [0.3, 0.4) is 0 Å². The van der Waals surface area contributed by atoms with Crippen LogP contribution in [0.5, 0.6) is 0 Å². The molecule has 0 aromatic heterocycles. The quantitative estimate of drug-likeness (QED) is 0.368. The Morgan fingerprint density at radius 1 is 0.833 bits per heavy atom. The van der Waals surface area contributed by atoms with Gasteiger partial charge in [-0.2, -0.15) is 0 Å². The molecule has 4 saturated carbocycles. The van der Waals surface area contributed by atoms with Gasteiger partial charge in [0.15, 0.2) is 0 Å². The Morgan fingerprint density at radius 3 is 2.14 bits per heavy atom. The van der Waals surface area contributed by atoms with Gasteiger partial charge in [-0.3, -0.25) is 9.59 Å². The largest absolute Gasteiger partial charge is 0.462 e. The van der Waals surface area contributed by atoms with E-state index in [4.69, 9.17) is 9.47 Å². The molecule has 0 aromatic rings. The van der Waals surface area contributed by atoms with Crippen LogP contribution in [-0.4, -0.2) is 29.1 Å². The number of esters is 1. The van der Waals surface area contributed by atoms with Crippen LogP contribution in [-0.2, 0) is 19.1 Å². The van der Waals surface area contributed by atoms with Crippen LogP contribution >= 0.6 is 0 Å². The maximum Gasteiger partial charge on any atom is 0.302 e. The fourth-order valence-electron chi connectivity index (χ4n) is 11.4. The number of hydrogen-bond donors (Lipinski definition) is 0. The predicted octanol–water partition coefficient (Wildman–Crippen LogP) is 7.52. The van der Waals surface area contributed by atoms with Crippen molar-refractivity contribution in [3.8, 4) is 0 Å². The van der Waals surface area contributed by atoms with E-state index in [0.717, 1.165) is 44.9 Å². The highest BCUT2D eigenvalue weighted by Gasteiger charge is 2.72. The maximum atomic E-state index is 14.3. The van der Waals surface area contributed by atoms with Gasteiger partial charge in [-0.05, 0) is 113 Å². The third-order valence-electron chi connectivity index (χ3n) is 13.2. The highest BCUT2D eigenvalue weighted by Crippen LogP contribution is 2.75. The molecule has 4 aliphatic carbocycles. The van der Waals surface area contributed by atoms with Gasteiger partial charge in [0.05, 0.1) is 11.2 Å². The molecule has 0 amide bonds. The first-order chi connectivity index (χ1) is 16.5. The Morgan fingerprint density at radius 2 is 1.50 bits per heavy atom. The molecule has 5 aliphatic rings. The molecule has 4 heteroatoms. The summed E-state index contributed by atoms with van der Waals surface area (Å²) in [7, 11) is 0. The zero-order chi connectivity index (χ0) is 26.5. The lowest BCUT2D eigenvalue weighted by Crippen LogP contribution is -2.66. The lowest BCUT2D eigenvalue weighted by atomic mass is 9.35. The Kier molecular flexibility index (Phi) is 5.97. The van der Waals surface area contributed by atoms with Gasteiger partial charge in [-0.15, -0.1) is 0 Å². The summed E-state index contributed by atoms with van der Waals surface area (Å²) in [6.07, 6.45) is 10.6. The lowest BCUT2D eigenvalue weighted by molar-refractivity contribution is -0.234. The number of carbonyl (C=O) groups is 2. The zero-order valence-electron chi connectivity index (χ0n) is 24.6. The van der Waals surface area contributed by atoms with Gasteiger partial charge in [0.1, 0.15) is 11.9 Å². The first-order valence-corrected chi connectivity index (χ1v) is 14.9. The van der Waals surface area contributed by atoms with E-state index in [1.54, 1.807) is 0 Å². The van der Waals surface area contributed by atoms with Crippen molar-refractivity contribution in [3.63, 3.8) is 0 Å². The van der Waals surface area contributed by atoms with Crippen LogP contribution in [0.15, 0.2) is 0 Å². The minimum atomic E-state index is -0.200. The molecule has 204 valence electrons. The van der Waals surface area contributed by atoms with Crippen molar-refractivity contribution in [1.82, 2.24) is 0 Å². The Balaban J connectivity index is 1.48. The van der Waals surface area contributed by atoms with Crippen LogP contribution in [0, 0.1) is 45.3 Å². The minimum absolute atomic E-state index is 0.0243. The number of carbonyl (C=O) groups excluding carboxylic acids is 2. The normalized spacial score (nSPS) is 51.6. The van der Waals surface area contributed by atoms with E-state index in [-0.39, 0.29) is 50.9 Å². The molecule has 1 heterocycles. The summed E-state index contributed by atoms with van der Waals surface area (Å²) in [5.41, 5.74) is -0.106. The summed E-state index contributed by atoms with van der Waals surface area (Å²) in [5.74, 6) is 1.64. The summed E-state index contributed by atoms with van der Waals surface area (Å²) in [5, 5.41) is 0. The number of hydrogen-bond acceptors (Lipinski definition) is 4. The molecule has 2 unspecified atom stereocenters. The van der Waals surface area contributed by atoms with Gasteiger partial charge < -0.3 is 9.47 Å². The van der Waals surface area contributed by atoms with E-state index < -0.39 is 0 Å². The van der Waals surface area contributed by atoms with Crippen LogP contribution in [0.25, 0.3) is 0 Å². The van der Waals surface area contributed by atoms with Crippen LogP contribution in [0.1, 0.15) is 127 Å². The third-order valence-corrected chi connectivity index (χ3v) is 13.2. The van der Waals surface area contributed by atoms with Gasteiger partial charge in [-0.1, -0.05) is 34.6 Å². The molecule has 9 atom stereocenters. The highest BCUT2D eigenvalue weighted by molar-refractivity contribution is 5.84. The molecule has 0 radical (unpaired) electrons. The first kappa shape index (κ1) is 26.7. The first-order valence-electron chi connectivity index (χ1n) is 14.9. The van der Waals surface area contributed by atoms with Gasteiger partial charge in [0.2, 0.25) is 0 Å². The molecule has 0 bridgehead atoms. The van der Waals surface area contributed by atoms with E-state index in [9.17, 15) is 9.59 Å². The van der Waals surface area contributed by atoms with Crippen molar-refractivity contribution in [2.75, 3.05) is 0 Å². The molecule has 0 aromatic carbocycles. The SMILES string of the molecule is CC(=O)O[C@H]1CC[C@]2(C)[C@H]3CC(=O)[C@@H]4C(C5(C)CCCC(C)(C)O5)CC[C@@]4(C)[C@]3(C)CC[C@H]2C1(C)C. The van der Waals surface area contributed by atoms with Crippen molar-refractivity contribution in [2.24, 2.45) is 45.3 Å². The number of Topliss-reactive ketones (excluding diaryl/α,β-unsaturated/α-hetero) is 1. The summed E-state index contributed by atoms with van der Waals surface area (Å²) in [6, 6.07) is 0. The van der Waals surface area contributed by atoms with Crippen LogP contribution < -0.4 is 0 Å². The van der Waals surface area contributed by atoms with Crippen molar-refractivity contribution >= 4 is 11.8 Å². The molecule has 1 saturated heterocycles. The number of fused-ring (bicyclic) bond motifs is 5.